The molecule has 3 rings (SSSR count). The van der Waals surface area contributed by atoms with E-state index in [0.717, 1.165) is 12.1 Å². The zero-order valence-corrected chi connectivity index (χ0v) is 22.3. The zero-order chi connectivity index (χ0) is 26.1. The molecule has 1 aromatic carbocycles. The molecule has 0 atom stereocenters. The molecule has 206 valence electrons. The highest BCUT2D eigenvalue weighted by Crippen LogP contribution is 2.44. The fraction of sp³-hybridized carbons (Fsp3) is 0.696. The number of alkyl halides is 5. The molecule has 0 unspecified atom stereocenters. The highest BCUT2D eigenvalue weighted by Gasteiger charge is 2.47. The van der Waals surface area contributed by atoms with E-state index in [-0.39, 0.29) is 80.4 Å². The van der Waals surface area contributed by atoms with Crippen molar-refractivity contribution in [3.63, 3.8) is 0 Å². The first-order valence-electron chi connectivity index (χ1n) is 11.7. The number of hydrogen-bond donors (Lipinski definition) is 0. The number of Topliss-reactive ketones (excluding diaryl/α,β-unsaturated/α-hetero) is 1. The predicted molar refractivity (Wildman–Crippen MR) is 131 cm³/mol. The van der Waals surface area contributed by atoms with Gasteiger partial charge in [-0.15, -0.1) is 12.4 Å². The summed E-state index contributed by atoms with van der Waals surface area (Å²) in [6.07, 6.45) is -4.30. The molecule has 0 radical (unpaired) electrons. The average Bonchev–Trinajstić information content (AvgIpc) is 2.78. The van der Waals surface area contributed by atoms with E-state index < -0.39 is 39.0 Å². The Labute approximate surface area is 219 Å². The fourth-order valence-electron chi connectivity index (χ4n) is 5.03. The van der Waals surface area contributed by atoms with Crippen LogP contribution in [0.5, 0.6) is 0 Å². The molecule has 5 nitrogen and oxygen atoms in total. The summed E-state index contributed by atoms with van der Waals surface area (Å²) in [7, 11) is -3.37. The number of hydrogen-bond acceptors (Lipinski definition) is 4. The lowest BCUT2D eigenvalue weighted by atomic mass is 9.74. The first-order valence-corrected chi connectivity index (χ1v) is 13.7. The summed E-state index contributed by atoms with van der Waals surface area (Å²) in [6.45, 7) is 3.01. The highest BCUT2D eigenvalue weighted by atomic mass is 35.5. The maximum atomic E-state index is 14.0. The number of piperazine rings is 1. The smallest absolute Gasteiger partial charge is 0.295 e. The summed E-state index contributed by atoms with van der Waals surface area (Å²) < 4.78 is 92.9. The molecule has 2 fully saturated rings. The van der Waals surface area contributed by atoms with Gasteiger partial charge in [-0.25, -0.2) is 17.2 Å². The van der Waals surface area contributed by atoms with Crippen molar-refractivity contribution in [1.82, 2.24) is 9.21 Å². The Kier molecular flexibility index (Phi) is 10.2. The van der Waals surface area contributed by atoms with Crippen LogP contribution < -0.4 is 0 Å². The molecule has 1 aromatic rings. The van der Waals surface area contributed by atoms with Gasteiger partial charge in [0.1, 0.15) is 0 Å². The van der Waals surface area contributed by atoms with Gasteiger partial charge in [0, 0.05) is 56.5 Å². The largest absolute Gasteiger partial charge is 0.416 e. The number of ketones is 1. The summed E-state index contributed by atoms with van der Waals surface area (Å²) in [6, 6.07) is 2.56. The molecule has 0 N–H and O–H groups in total. The van der Waals surface area contributed by atoms with Gasteiger partial charge < -0.3 is 0 Å². The SMILES string of the molecule is CCCS(=O)(=O)N1CCN(C2(CCC(=O)c3ccc(C(F)(F)F)cc3Cl)CCC(F)(F)CC2)CC1.Cl. The van der Waals surface area contributed by atoms with Crippen LogP contribution in [-0.4, -0.2) is 66.8 Å². The molecule has 13 heteroatoms. The van der Waals surface area contributed by atoms with E-state index >= 15 is 0 Å². The summed E-state index contributed by atoms with van der Waals surface area (Å²) in [5, 5.41) is -0.302. The van der Waals surface area contributed by atoms with Gasteiger partial charge in [-0.1, -0.05) is 18.5 Å². The maximum Gasteiger partial charge on any atom is 0.416 e. The van der Waals surface area contributed by atoms with E-state index in [0.29, 0.717) is 25.6 Å². The Morgan fingerprint density at radius 2 is 1.64 bits per heavy atom. The minimum absolute atomic E-state index is 0. The molecule has 0 aromatic heterocycles. The van der Waals surface area contributed by atoms with Crippen molar-refractivity contribution in [3.05, 3.63) is 34.3 Å². The van der Waals surface area contributed by atoms with Crippen molar-refractivity contribution in [2.45, 2.75) is 69.5 Å². The molecule has 1 aliphatic heterocycles. The molecule has 2 aliphatic rings. The van der Waals surface area contributed by atoms with Crippen molar-refractivity contribution in [1.29, 1.82) is 0 Å². The monoisotopic (exact) mass is 580 g/mol. The lowest BCUT2D eigenvalue weighted by molar-refractivity contribution is -0.137. The van der Waals surface area contributed by atoms with Crippen molar-refractivity contribution in [2.24, 2.45) is 0 Å². The van der Waals surface area contributed by atoms with Gasteiger partial charge >= 0.3 is 6.18 Å². The van der Waals surface area contributed by atoms with Crippen LogP contribution >= 0.6 is 24.0 Å². The quantitative estimate of drug-likeness (QED) is 0.277. The first kappa shape index (κ1) is 31.2. The second kappa shape index (κ2) is 11.8. The third-order valence-corrected chi connectivity index (χ3v) is 9.48. The van der Waals surface area contributed by atoms with Crippen LogP contribution in [0.1, 0.15) is 67.8 Å². The van der Waals surface area contributed by atoms with Gasteiger partial charge in [0.05, 0.1) is 16.3 Å². The van der Waals surface area contributed by atoms with Gasteiger partial charge in [0.15, 0.2) is 5.78 Å². The molecule has 0 bridgehead atoms. The molecule has 1 aliphatic carbocycles. The van der Waals surface area contributed by atoms with Gasteiger partial charge in [0.25, 0.3) is 0 Å². The number of halogens is 7. The number of sulfonamides is 1. The van der Waals surface area contributed by atoms with Crippen molar-refractivity contribution in [2.75, 3.05) is 31.9 Å². The lowest BCUT2D eigenvalue weighted by Crippen LogP contribution is -2.60. The van der Waals surface area contributed by atoms with Crippen LogP contribution in [0.3, 0.4) is 0 Å². The summed E-state index contributed by atoms with van der Waals surface area (Å²) in [4.78, 5) is 14.9. The summed E-state index contributed by atoms with van der Waals surface area (Å²) in [5.74, 6) is -3.20. The van der Waals surface area contributed by atoms with Crippen molar-refractivity contribution in [3.8, 4) is 0 Å². The predicted octanol–water partition coefficient (Wildman–Crippen LogP) is 6.05. The standard InChI is InChI=1S/C23H30ClF5N2O3S.ClH/c1-2-15-35(33,34)31-13-11-30(12-14-31)21(7-9-22(25,26)10-8-21)6-5-20(32)18-4-3-17(16-19(18)24)23(27,28)29;/h3-4,16H,2,5-15H2,1H3;1H. The van der Waals surface area contributed by atoms with E-state index in [1.54, 1.807) is 6.92 Å². The topological polar surface area (TPSA) is 57.7 Å². The number of carbonyl (C=O) groups excluding carboxylic acids is 1. The van der Waals surface area contributed by atoms with Gasteiger partial charge in [0.2, 0.25) is 15.9 Å². The summed E-state index contributed by atoms with van der Waals surface area (Å²) in [5.41, 5.74) is -1.71. The van der Waals surface area contributed by atoms with Gasteiger partial charge in [-0.3, -0.25) is 9.69 Å². The molecule has 1 heterocycles. The molecular formula is C23H31Cl2F5N2O3S. The number of carbonyl (C=O) groups is 1. The van der Waals surface area contributed by atoms with Crippen molar-refractivity contribution < 1.29 is 35.2 Å². The Bertz CT molecular complexity index is 1020. The lowest BCUT2D eigenvalue weighted by Gasteiger charge is -2.51. The molecule has 1 saturated heterocycles. The van der Waals surface area contributed by atoms with Crippen LogP contribution in [0.2, 0.25) is 5.02 Å². The Morgan fingerprint density at radius 3 is 2.14 bits per heavy atom. The molecule has 0 spiro atoms. The van der Waals surface area contributed by atoms with E-state index in [4.69, 9.17) is 11.6 Å². The third kappa shape index (κ3) is 7.30. The van der Waals surface area contributed by atoms with E-state index in [2.05, 4.69) is 0 Å². The minimum Gasteiger partial charge on any atom is -0.295 e. The van der Waals surface area contributed by atoms with Crippen LogP contribution in [0.4, 0.5) is 22.0 Å². The maximum absolute atomic E-state index is 14.0. The average molecular weight is 581 g/mol. The van der Waals surface area contributed by atoms with Crippen LogP contribution in [-0.2, 0) is 16.2 Å². The molecule has 1 saturated carbocycles. The Morgan fingerprint density at radius 1 is 1.06 bits per heavy atom. The first-order chi connectivity index (χ1) is 16.2. The second-order valence-electron chi connectivity index (χ2n) is 9.40. The zero-order valence-electron chi connectivity index (χ0n) is 19.9. The molecular weight excluding hydrogens is 550 g/mol. The summed E-state index contributed by atoms with van der Waals surface area (Å²) >= 11 is 5.96. The number of rotatable bonds is 8. The number of benzene rings is 1. The van der Waals surface area contributed by atoms with Crippen LogP contribution in [0.25, 0.3) is 0 Å². The Balaban J connectivity index is 0.00000456. The second-order valence-corrected chi connectivity index (χ2v) is 11.9. The molecule has 36 heavy (non-hydrogen) atoms. The number of nitrogens with zero attached hydrogens (tertiary/aromatic N) is 2. The van der Waals surface area contributed by atoms with E-state index in [9.17, 15) is 35.2 Å². The molecule has 0 amide bonds. The van der Waals surface area contributed by atoms with E-state index in [1.807, 2.05) is 4.90 Å². The van der Waals surface area contributed by atoms with Gasteiger partial charge in [-0.2, -0.15) is 17.5 Å². The normalized spacial score (nSPS) is 21.1. The third-order valence-electron chi connectivity index (χ3n) is 7.09. The minimum atomic E-state index is -4.59. The fourth-order valence-corrected chi connectivity index (χ4v) is 6.81. The highest BCUT2D eigenvalue weighted by molar-refractivity contribution is 7.89. The van der Waals surface area contributed by atoms with Crippen molar-refractivity contribution >= 4 is 39.8 Å². The van der Waals surface area contributed by atoms with Gasteiger partial charge in [-0.05, 0) is 43.9 Å². The van der Waals surface area contributed by atoms with E-state index in [1.165, 1.54) is 4.31 Å². The van der Waals surface area contributed by atoms with Crippen LogP contribution in [0.15, 0.2) is 18.2 Å². The Hall–Kier alpha value is -1.01. The van der Waals surface area contributed by atoms with Crippen LogP contribution in [0, 0.1) is 0 Å².